The second-order valence-corrected chi connectivity index (χ2v) is 8.52. The van der Waals surface area contributed by atoms with Crippen molar-refractivity contribution in [2.75, 3.05) is 5.32 Å². The Labute approximate surface area is 181 Å². The second kappa shape index (κ2) is 9.23. The van der Waals surface area contributed by atoms with Gasteiger partial charge in [-0.3, -0.25) is 10.1 Å². The third-order valence-electron chi connectivity index (χ3n) is 3.70. The highest BCUT2D eigenvalue weighted by molar-refractivity contribution is 7.15. The van der Waals surface area contributed by atoms with Crippen LogP contribution in [0.3, 0.4) is 0 Å². The summed E-state index contributed by atoms with van der Waals surface area (Å²) < 4.78 is 5.71. The number of carbonyl (C=O) groups excluding carboxylic acids is 1. The first-order valence-electron chi connectivity index (χ1n) is 8.66. The van der Waals surface area contributed by atoms with Crippen molar-refractivity contribution in [3.8, 4) is 17.4 Å². The SMILES string of the molecule is CC(C)Cc1nnc(NC(=O)/C(C#N)=C\c2ccc(-c3cc(Cl)cc(Cl)c3)o2)s1. The lowest BCUT2D eigenvalue weighted by Crippen LogP contribution is -2.13. The molecule has 29 heavy (non-hydrogen) atoms. The Balaban J connectivity index is 1.76. The fourth-order valence-corrected chi connectivity index (χ4v) is 3.95. The Kier molecular flexibility index (Phi) is 6.70. The number of nitriles is 1. The summed E-state index contributed by atoms with van der Waals surface area (Å²) in [5.41, 5.74) is 0.576. The van der Waals surface area contributed by atoms with E-state index in [1.54, 1.807) is 30.3 Å². The van der Waals surface area contributed by atoms with Crippen LogP contribution in [-0.2, 0) is 11.2 Å². The van der Waals surface area contributed by atoms with E-state index in [0.717, 1.165) is 11.4 Å². The van der Waals surface area contributed by atoms with Gasteiger partial charge in [0.05, 0.1) is 0 Å². The zero-order chi connectivity index (χ0) is 21.0. The Morgan fingerprint density at radius 2 is 2.00 bits per heavy atom. The first kappa shape index (κ1) is 21.1. The average molecular weight is 447 g/mol. The van der Waals surface area contributed by atoms with Crippen molar-refractivity contribution >= 4 is 51.7 Å². The molecule has 0 saturated carbocycles. The molecule has 0 spiro atoms. The van der Waals surface area contributed by atoms with Crippen molar-refractivity contribution in [2.24, 2.45) is 5.92 Å². The quantitative estimate of drug-likeness (QED) is 0.378. The van der Waals surface area contributed by atoms with Gasteiger partial charge in [0.15, 0.2) is 0 Å². The van der Waals surface area contributed by atoms with Gasteiger partial charge >= 0.3 is 0 Å². The third kappa shape index (κ3) is 5.67. The molecule has 3 aromatic rings. The molecule has 148 valence electrons. The molecule has 1 amide bonds. The number of furan rings is 1. The van der Waals surface area contributed by atoms with Gasteiger partial charge in [0.25, 0.3) is 5.91 Å². The number of nitrogens with one attached hydrogen (secondary N) is 1. The molecule has 0 aliphatic rings. The van der Waals surface area contributed by atoms with Gasteiger partial charge in [-0.15, -0.1) is 10.2 Å². The van der Waals surface area contributed by atoms with Crippen molar-refractivity contribution in [1.82, 2.24) is 10.2 Å². The lowest BCUT2D eigenvalue weighted by atomic mass is 10.1. The molecule has 0 aliphatic heterocycles. The Morgan fingerprint density at radius 1 is 1.28 bits per heavy atom. The summed E-state index contributed by atoms with van der Waals surface area (Å²) in [6, 6.07) is 10.3. The maximum atomic E-state index is 12.4. The monoisotopic (exact) mass is 446 g/mol. The van der Waals surface area contributed by atoms with E-state index in [2.05, 4.69) is 29.4 Å². The molecule has 0 saturated heterocycles. The predicted octanol–water partition coefficient (Wildman–Crippen LogP) is 5.85. The number of anilines is 1. The molecule has 0 fully saturated rings. The highest BCUT2D eigenvalue weighted by atomic mass is 35.5. The van der Waals surface area contributed by atoms with Crippen molar-refractivity contribution < 1.29 is 9.21 Å². The number of hydrogen-bond acceptors (Lipinski definition) is 6. The van der Waals surface area contributed by atoms with Crippen LogP contribution in [0.1, 0.15) is 24.6 Å². The van der Waals surface area contributed by atoms with Gasteiger partial charge in [0.1, 0.15) is 28.2 Å². The van der Waals surface area contributed by atoms with Crippen molar-refractivity contribution in [3.05, 3.63) is 56.7 Å². The van der Waals surface area contributed by atoms with Crippen LogP contribution in [0.4, 0.5) is 5.13 Å². The number of aromatic nitrogens is 2. The first-order valence-corrected chi connectivity index (χ1v) is 10.2. The number of benzene rings is 1. The van der Waals surface area contributed by atoms with E-state index in [4.69, 9.17) is 27.6 Å². The zero-order valence-corrected chi connectivity index (χ0v) is 17.9. The fourth-order valence-electron chi connectivity index (χ4n) is 2.47. The molecule has 0 radical (unpaired) electrons. The largest absolute Gasteiger partial charge is 0.457 e. The van der Waals surface area contributed by atoms with Gasteiger partial charge in [0, 0.05) is 28.1 Å². The van der Waals surface area contributed by atoms with Gasteiger partial charge < -0.3 is 4.42 Å². The molecule has 0 bridgehead atoms. The second-order valence-electron chi connectivity index (χ2n) is 6.58. The molecule has 1 aromatic carbocycles. The van der Waals surface area contributed by atoms with Crippen molar-refractivity contribution in [1.29, 1.82) is 5.26 Å². The van der Waals surface area contributed by atoms with E-state index in [9.17, 15) is 10.1 Å². The molecule has 0 aliphatic carbocycles. The van der Waals surface area contributed by atoms with Gasteiger partial charge in [-0.25, -0.2) is 0 Å². The number of rotatable bonds is 6. The minimum atomic E-state index is -0.580. The van der Waals surface area contributed by atoms with E-state index in [1.807, 2.05) is 6.07 Å². The number of carbonyl (C=O) groups is 1. The highest BCUT2D eigenvalue weighted by Crippen LogP contribution is 2.29. The minimum Gasteiger partial charge on any atom is -0.457 e. The molecule has 2 heterocycles. The summed E-state index contributed by atoms with van der Waals surface area (Å²) in [6.45, 7) is 4.15. The van der Waals surface area contributed by atoms with Gasteiger partial charge in [0.2, 0.25) is 5.13 Å². The minimum absolute atomic E-state index is 0.115. The van der Waals surface area contributed by atoms with Crippen LogP contribution < -0.4 is 5.32 Å². The topological polar surface area (TPSA) is 91.8 Å². The predicted molar refractivity (Wildman–Crippen MR) is 115 cm³/mol. The third-order valence-corrected chi connectivity index (χ3v) is 4.99. The number of amides is 1. The zero-order valence-electron chi connectivity index (χ0n) is 15.6. The molecule has 0 unspecified atom stereocenters. The summed E-state index contributed by atoms with van der Waals surface area (Å²) >= 11 is 13.3. The molecule has 6 nitrogen and oxygen atoms in total. The Morgan fingerprint density at radius 3 is 2.66 bits per heavy atom. The Bertz CT molecular complexity index is 1090. The summed E-state index contributed by atoms with van der Waals surface area (Å²) in [5.74, 6) is 0.716. The van der Waals surface area contributed by atoms with Crippen molar-refractivity contribution in [3.63, 3.8) is 0 Å². The van der Waals surface area contributed by atoms with Crippen LogP contribution >= 0.6 is 34.5 Å². The van der Waals surface area contributed by atoms with Crippen LogP contribution in [0.5, 0.6) is 0 Å². The van der Waals surface area contributed by atoms with Crippen LogP contribution in [0.15, 0.2) is 40.3 Å². The van der Waals surface area contributed by atoms with E-state index in [-0.39, 0.29) is 5.57 Å². The van der Waals surface area contributed by atoms with Crippen LogP contribution in [0.2, 0.25) is 10.0 Å². The number of halogens is 2. The standard InChI is InChI=1S/C20H16Cl2N4O2S/c1-11(2)5-18-25-26-20(29-18)24-19(27)13(10-23)8-16-3-4-17(28-16)12-6-14(21)9-15(22)7-12/h3-4,6-9,11H,5H2,1-2H3,(H,24,26,27)/b13-8-. The molecule has 0 atom stereocenters. The lowest BCUT2D eigenvalue weighted by Gasteiger charge is -2.00. The molecule has 1 N–H and O–H groups in total. The molecular formula is C20H16Cl2N4O2S. The van der Waals surface area contributed by atoms with Gasteiger partial charge in [-0.2, -0.15) is 5.26 Å². The summed E-state index contributed by atoms with van der Waals surface area (Å²) in [7, 11) is 0. The molecule has 9 heteroatoms. The number of nitrogens with zero attached hydrogens (tertiary/aromatic N) is 3. The van der Waals surface area contributed by atoms with E-state index in [1.165, 1.54) is 17.4 Å². The molecular weight excluding hydrogens is 431 g/mol. The maximum absolute atomic E-state index is 12.4. The Hall–Kier alpha value is -2.66. The summed E-state index contributed by atoms with van der Waals surface area (Å²) in [5, 5.41) is 22.1. The van der Waals surface area contributed by atoms with Crippen LogP contribution in [0.25, 0.3) is 17.4 Å². The van der Waals surface area contributed by atoms with Gasteiger partial charge in [-0.05, 0) is 36.2 Å². The smallest absolute Gasteiger partial charge is 0.268 e. The summed E-state index contributed by atoms with van der Waals surface area (Å²) in [4.78, 5) is 12.4. The number of hydrogen-bond donors (Lipinski definition) is 1. The lowest BCUT2D eigenvalue weighted by molar-refractivity contribution is -0.112. The summed E-state index contributed by atoms with van der Waals surface area (Å²) in [6.07, 6.45) is 2.14. The maximum Gasteiger partial charge on any atom is 0.268 e. The van der Waals surface area contributed by atoms with Gasteiger partial charge in [-0.1, -0.05) is 48.4 Å². The fraction of sp³-hybridized carbons (Fsp3) is 0.200. The highest BCUT2D eigenvalue weighted by Gasteiger charge is 2.15. The van der Waals surface area contributed by atoms with E-state index in [0.29, 0.717) is 38.2 Å². The van der Waals surface area contributed by atoms with E-state index < -0.39 is 5.91 Å². The average Bonchev–Trinajstić information content (AvgIpc) is 3.27. The first-order chi connectivity index (χ1) is 13.8. The normalized spacial score (nSPS) is 11.5. The van der Waals surface area contributed by atoms with E-state index >= 15 is 0 Å². The van der Waals surface area contributed by atoms with Crippen LogP contribution in [-0.4, -0.2) is 16.1 Å². The molecule has 3 rings (SSSR count). The van der Waals surface area contributed by atoms with Crippen LogP contribution in [0, 0.1) is 17.2 Å². The van der Waals surface area contributed by atoms with Crippen molar-refractivity contribution in [2.45, 2.75) is 20.3 Å². The molecule has 2 aromatic heterocycles.